The monoisotopic (exact) mass is 423 g/mol. The first-order valence-electron chi connectivity index (χ1n) is 11.2. The van der Waals surface area contributed by atoms with Gasteiger partial charge in [0.05, 0.1) is 17.8 Å². The summed E-state index contributed by atoms with van der Waals surface area (Å²) in [5.41, 5.74) is 2.61. The smallest absolute Gasteiger partial charge is 0.242 e. The third-order valence-corrected chi connectivity index (χ3v) is 6.22. The molecule has 1 aromatic heterocycles. The van der Waals surface area contributed by atoms with E-state index in [4.69, 9.17) is 4.98 Å². The van der Waals surface area contributed by atoms with Gasteiger partial charge in [-0.1, -0.05) is 51.1 Å². The van der Waals surface area contributed by atoms with E-state index in [0.717, 1.165) is 42.4 Å². The second-order valence-corrected chi connectivity index (χ2v) is 9.71. The zero-order valence-corrected chi connectivity index (χ0v) is 18.9. The van der Waals surface area contributed by atoms with Crippen molar-refractivity contribution >= 4 is 11.8 Å². The van der Waals surface area contributed by atoms with E-state index < -0.39 is 6.04 Å². The number of imidazole rings is 1. The van der Waals surface area contributed by atoms with E-state index >= 15 is 0 Å². The molecule has 1 aliphatic carbocycles. The SMILES string of the molecule is CNC(=O)[C@@H](NC(=O)Cc1nc(-c2ccccc2)n2c1CN(C1CC1)CC2)C(C)(C)C. The van der Waals surface area contributed by atoms with Crippen LogP contribution in [0, 0.1) is 5.41 Å². The van der Waals surface area contributed by atoms with Gasteiger partial charge in [-0.25, -0.2) is 4.98 Å². The van der Waals surface area contributed by atoms with Crippen LogP contribution in [0.5, 0.6) is 0 Å². The molecule has 1 aromatic carbocycles. The fourth-order valence-electron chi connectivity index (χ4n) is 4.34. The number of rotatable bonds is 6. The Balaban J connectivity index is 1.61. The predicted octanol–water partition coefficient (Wildman–Crippen LogP) is 2.35. The Morgan fingerprint density at radius 2 is 1.87 bits per heavy atom. The lowest BCUT2D eigenvalue weighted by atomic mass is 9.86. The quantitative estimate of drug-likeness (QED) is 0.748. The van der Waals surface area contributed by atoms with Crippen LogP contribution < -0.4 is 10.6 Å². The summed E-state index contributed by atoms with van der Waals surface area (Å²) in [5.74, 6) is 0.567. The topological polar surface area (TPSA) is 79.3 Å². The Bertz CT molecular complexity index is 956. The summed E-state index contributed by atoms with van der Waals surface area (Å²) in [4.78, 5) is 32.8. The molecule has 7 nitrogen and oxygen atoms in total. The van der Waals surface area contributed by atoms with Gasteiger partial charge in [-0.15, -0.1) is 0 Å². The lowest BCUT2D eigenvalue weighted by Crippen LogP contribution is -2.53. The van der Waals surface area contributed by atoms with Gasteiger partial charge in [0.1, 0.15) is 11.9 Å². The molecule has 2 aliphatic rings. The highest BCUT2D eigenvalue weighted by Gasteiger charge is 2.35. The molecule has 31 heavy (non-hydrogen) atoms. The first-order chi connectivity index (χ1) is 14.8. The highest BCUT2D eigenvalue weighted by molar-refractivity contribution is 5.88. The van der Waals surface area contributed by atoms with Crippen LogP contribution >= 0.6 is 0 Å². The number of likely N-dealkylation sites (N-methyl/N-ethyl adjacent to an activating group) is 1. The third-order valence-electron chi connectivity index (χ3n) is 6.22. The molecule has 2 aromatic rings. The second-order valence-electron chi connectivity index (χ2n) is 9.71. The van der Waals surface area contributed by atoms with Gasteiger partial charge in [0.15, 0.2) is 0 Å². The number of hydrogen-bond acceptors (Lipinski definition) is 4. The molecule has 2 heterocycles. The number of amides is 2. The van der Waals surface area contributed by atoms with Gasteiger partial charge in [-0.05, 0) is 18.3 Å². The minimum atomic E-state index is -0.597. The van der Waals surface area contributed by atoms with Crippen LogP contribution in [0.4, 0.5) is 0 Å². The molecule has 166 valence electrons. The van der Waals surface area contributed by atoms with Gasteiger partial charge < -0.3 is 15.2 Å². The largest absolute Gasteiger partial charge is 0.357 e. The number of fused-ring (bicyclic) bond motifs is 1. The number of nitrogens with zero attached hydrogens (tertiary/aromatic N) is 3. The molecular weight excluding hydrogens is 390 g/mol. The van der Waals surface area contributed by atoms with Crippen molar-refractivity contribution in [2.24, 2.45) is 5.41 Å². The number of aromatic nitrogens is 2. The van der Waals surface area contributed by atoms with Crippen molar-refractivity contribution in [2.75, 3.05) is 13.6 Å². The molecule has 0 radical (unpaired) electrons. The number of carbonyl (C=O) groups excluding carboxylic acids is 2. The van der Waals surface area contributed by atoms with E-state index in [1.54, 1.807) is 7.05 Å². The highest BCUT2D eigenvalue weighted by Crippen LogP contribution is 2.33. The van der Waals surface area contributed by atoms with Crippen LogP contribution in [0.2, 0.25) is 0 Å². The van der Waals surface area contributed by atoms with E-state index in [2.05, 4.69) is 32.2 Å². The van der Waals surface area contributed by atoms with E-state index in [9.17, 15) is 9.59 Å². The molecule has 7 heteroatoms. The van der Waals surface area contributed by atoms with Crippen LogP contribution in [-0.2, 0) is 29.1 Å². The Morgan fingerprint density at radius 1 is 1.16 bits per heavy atom. The summed E-state index contributed by atoms with van der Waals surface area (Å²) in [6, 6.07) is 10.2. The normalized spacial score (nSPS) is 17.7. The molecule has 2 N–H and O–H groups in total. The van der Waals surface area contributed by atoms with Crippen LogP contribution in [0.1, 0.15) is 45.0 Å². The molecule has 0 saturated heterocycles. The van der Waals surface area contributed by atoms with Crippen LogP contribution in [0.15, 0.2) is 30.3 Å². The van der Waals surface area contributed by atoms with Gasteiger partial charge in [0, 0.05) is 38.3 Å². The summed E-state index contributed by atoms with van der Waals surface area (Å²) in [6.07, 6.45) is 2.69. The fraction of sp³-hybridized carbons (Fsp3) is 0.542. The van der Waals surface area contributed by atoms with Crippen molar-refractivity contribution in [3.8, 4) is 11.4 Å². The molecule has 1 fully saturated rings. The van der Waals surface area contributed by atoms with Crippen LogP contribution in [-0.4, -0.2) is 51.9 Å². The summed E-state index contributed by atoms with van der Waals surface area (Å²) < 4.78 is 2.27. The second kappa shape index (κ2) is 8.46. The summed E-state index contributed by atoms with van der Waals surface area (Å²) in [5, 5.41) is 5.61. The van der Waals surface area contributed by atoms with Crippen molar-refractivity contribution in [1.29, 1.82) is 0 Å². The number of hydrogen-bond donors (Lipinski definition) is 2. The lowest BCUT2D eigenvalue weighted by molar-refractivity contribution is -0.131. The van der Waals surface area contributed by atoms with Crippen LogP contribution in [0.25, 0.3) is 11.4 Å². The minimum absolute atomic E-state index is 0.171. The van der Waals surface area contributed by atoms with E-state index in [1.807, 2.05) is 39.0 Å². The van der Waals surface area contributed by atoms with Gasteiger partial charge in [-0.2, -0.15) is 0 Å². The molecule has 0 spiro atoms. The van der Waals surface area contributed by atoms with Crippen molar-refractivity contribution in [3.05, 3.63) is 41.7 Å². The molecule has 1 atom stereocenters. The third kappa shape index (κ3) is 4.66. The molecule has 1 aliphatic heterocycles. The van der Waals surface area contributed by atoms with Gasteiger partial charge >= 0.3 is 0 Å². The summed E-state index contributed by atoms with van der Waals surface area (Å²) >= 11 is 0. The first-order valence-corrected chi connectivity index (χ1v) is 11.2. The minimum Gasteiger partial charge on any atom is -0.357 e. The Labute approximate surface area is 184 Å². The summed E-state index contributed by atoms with van der Waals surface area (Å²) in [6.45, 7) is 8.58. The molecule has 0 bridgehead atoms. The van der Waals surface area contributed by atoms with Crippen molar-refractivity contribution < 1.29 is 9.59 Å². The molecule has 1 saturated carbocycles. The fourth-order valence-corrected chi connectivity index (χ4v) is 4.34. The van der Waals surface area contributed by atoms with Gasteiger partial charge in [0.25, 0.3) is 0 Å². The molecule has 0 unspecified atom stereocenters. The van der Waals surface area contributed by atoms with Crippen molar-refractivity contribution in [3.63, 3.8) is 0 Å². The van der Waals surface area contributed by atoms with Crippen molar-refractivity contribution in [2.45, 2.75) is 65.2 Å². The zero-order valence-electron chi connectivity index (χ0n) is 18.9. The zero-order chi connectivity index (χ0) is 22.2. The van der Waals surface area contributed by atoms with Gasteiger partial charge in [0.2, 0.25) is 11.8 Å². The maximum atomic E-state index is 13.0. The molecule has 4 rings (SSSR count). The van der Waals surface area contributed by atoms with Crippen molar-refractivity contribution in [1.82, 2.24) is 25.1 Å². The molecule has 2 amide bonds. The highest BCUT2D eigenvalue weighted by atomic mass is 16.2. The average Bonchev–Trinajstić information content (AvgIpc) is 3.54. The van der Waals surface area contributed by atoms with E-state index in [-0.39, 0.29) is 23.7 Å². The molecular formula is C24H33N5O2. The maximum absolute atomic E-state index is 13.0. The van der Waals surface area contributed by atoms with E-state index in [1.165, 1.54) is 12.8 Å². The Morgan fingerprint density at radius 3 is 2.48 bits per heavy atom. The predicted molar refractivity (Wildman–Crippen MR) is 120 cm³/mol. The Kier molecular flexibility index (Phi) is 5.88. The standard InChI is InChI=1S/C24H33N5O2/c1-24(2,3)21(23(31)25-4)27-20(30)14-18-19-15-28(17-10-11-17)12-13-29(19)22(26-18)16-8-6-5-7-9-16/h5-9,17,21H,10-15H2,1-4H3,(H,25,31)(H,27,30)/t21-/m1/s1. The maximum Gasteiger partial charge on any atom is 0.242 e. The number of nitrogens with one attached hydrogen (secondary N) is 2. The van der Waals surface area contributed by atoms with Gasteiger partial charge in [-0.3, -0.25) is 14.5 Å². The average molecular weight is 424 g/mol. The Hall–Kier alpha value is -2.67. The van der Waals surface area contributed by atoms with E-state index in [0.29, 0.717) is 6.04 Å². The van der Waals surface area contributed by atoms with Crippen LogP contribution in [0.3, 0.4) is 0 Å². The number of benzene rings is 1. The lowest BCUT2D eigenvalue weighted by Gasteiger charge is -2.30. The number of carbonyl (C=O) groups is 2. The first kappa shape index (κ1) is 21.6. The summed E-state index contributed by atoms with van der Waals surface area (Å²) in [7, 11) is 1.59.